The molecule has 1 aliphatic heterocycles. The van der Waals surface area contributed by atoms with Crippen molar-refractivity contribution in [3.8, 4) is 6.01 Å². The fourth-order valence-corrected chi connectivity index (χ4v) is 1.98. The lowest BCUT2D eigenvalue weighted by molar-refractivity contribution is -0.119. The molecule has 1 fully saturated rings. The molecule has 0 aliphatic carbocycles. The lowest BCUT2D eigenvalue weighted by Crippen LogP contribution is -2.41. The van der Waals surface area contributed by atoms with Gasteiger partial charge in [-0.15, -0.1) is 0 Å². The van der Waals surface area contributed by atoms with E-state index in [1.165, 1.54) is 7.11 Å². The number of methoxy groups -OCH3 is 1. The Labute approximate surface area is 105 Å². The molecule has 1 amide bonds. The lowest BCUT2D eigenvalue weighted by atomic mass is 10.2. The number of aromatic nitrogens is 3. The Morgan fingerprint density at radius 1 is 1.50 bits per heavy atom. The molecule has 1 unspecified atom stereocenters. The van der Waals surface area contributed by atoms with Gasteiger partial charge in [0.05, 0.1) is 7.11 Å². The van der Waals surface area contributed by atoms with Crippen molar-refractivity contribution in [3.63, 3.8) is 0 Å². The zero-order chi connectivity index (χ0) is 13.1. The average Bonchev–Trinajstić information content (AvgIpc) is 2.87. The Morgan fingerprint density at radius 2 is 2.28 bits per heavy atom. The molecule has 18 heavy (non-hydrogen) atoms. The number of primary amides is 1. The van der Waals surface area contributed by atoms with Gasteiger partial charge < -0.3 is 20.7 Å². The van der Waals surface area contributed by atoms with Gasteiger partial charge in [0.2, 0.25) is 17.8 Å². The van der Waals surface area contributed by atoms with Crippen molar-refractivity contribution in [2.45, 2.75) is 18.9 Å². The predicted molar refractivity (Wildman–Crippen MR) is 65.5 cm³/mol. The van der Waals surface area contributed by atoms with Crippen LogP contribution in [0.4, 0.5) is 11.9 Å². The fourth-order valence-electron chi connectivity index (χ4n) is 1.98. The van der Waals surface area contributed by atoms with Crippen molar-refractivity contribution in [2.24, 2.45) is 5.73 Å². The standard InChI is InChI=1S/C10H16N6O2/c1-12-8-13-9(15-10(14-8)18-2)16-5-3-4-6(16)7(11)17/h6H,3-5H2,1-2H3,(H2,11,17)(H,12,13,14,15). The maximum Gasteiger partial charge on any atom is 0.322 e. The van der Waals surface area contributed by atoms with E-state index in [4.69, 9.17) is 10.5 Å². The summed E-state index contributed by atoms with van der Waals surface area (Å²) >= 11 is 0. The second-order valence-electron chi connectivity index (χ2n) is 3.95. The first-order chi connectivity index (χ1) is 8.65. The van der Waals surface area contributed by atoms with E-state index in [2.05, 4.69) is 20.3 Å². The maximum absolute atomic E-state index is 11.4. The van der Waals surface area contributed by atoms with Crippen LogP contribution in [0.2, 0.25) is 0 Å². The van der Waals surface area contributed by atoms with E-state index in [0.717, 1.165) is 12.8 Å². The highest BCUT2D eigenvalue weighted by Gasteiger charge is 2.31. The van der Waals surface area contributed by atoms with Crippen LogP contribution in [0.5, 0.6) is 6.01 Å². The van der Waals surface area contributed by atoms with Crippen molar-refractivity contribution in [2.75, 3.05) is 30.9 Å². The quantitative estimate of drug-likeness (QED) is 0.735. The smallest absolute Gasteiger partial charge is 0.322 e. The van der Waals surface area contributed by atoms with E-state index < -0.39 is 0 Å². The number of ether oxygens (including phenoxy) is 1. The van der Waals surface area contributed by atoms with Crippen molar-refractivity contribution in [1.82, 2.24) is 15.0 Å². The zero-order valence-corrected chi connectivity index (χ0v) is 10.4. The van der Waals surface area contributed by atoms with Crippen LogP contribution < -0.4 is 20.7 Å². The molecule has 98 valence electrons. The van der Waals surface area contributed by atoms with Gasteiger partial charge in [-0.2, -0.15) is 15.0 Å². The molecule has 8 nitrogen and oxygen atoms in total. The summed E-state index contributed by atoms with van der Waals surface area (Å²) in [6.07, 6.45) is 1.61. The van der Waals surface area contributed by atoms with Crippen molar-refractivity contribution >= 4 is 17.8 Å². The van der Waals surface area contributed by atoms with Crippen LogP contribution in [0.1, 0.15) is 12.8 Å². The van der Waals surface area contributed by atoms with Gasteiger partial charge in [0, 0.05) is 13.6 Å². The number of anilines is 2. The number of nitrogens with zero attached hydrogens (tertiary/aromatic N) is 4. The number of hydrogen-bond donors (Lipinski definition) is 2. The minimum absolute atomic E-state index is 0.208. The maximum atomic E-state index is 11.4. The summed E-state index contributed by atoms with van der Waals surface area (Å²) in [6, 6.07) is -0.152. The normalized spacial score (nSPS) is 18.8. The van der Waals surface area contributed by atoms with E-state index in [1.807, 2.05) is 0 Å². The molecule has 1 aromatic rings. The Balaban J connectivity index is 2.34. The van der Waals surface area contributed by atoms with E-state index in [1.54, 1.807) is 11.9 Å². The molecule has 1 atom stereocenters. The van der Waals surface area contributed by atoms with Crippen molar-refractivity contribution in [3.05, 3.63) is 0 Å². The van der Waals surface area contributed by atoms with Crippen LogP contribution in [0.25, 0.3) is 0 Å². The summed E-state index contributed by atoms with van der Waals surface area (Å²) in [7, 11) is 3.18. The monoisotopic (exact) mass is 252 g/mol. The third kappa shape index (κ3) is 2.27. The highest BCUT2D eigenvalue weighted by molar-refractivity contribution is 5.83. The summed E-state index contributed by atoms with van der Waals surface area (Å²) in [5.74, 6) is 0.442. The molecule has 0 bridgehead atoms. The predicted octanol–water partition coefficient (Wildman–Crippen LogP) is -0.624. The van der Waals surface area contributed by atoms with Gasteiger partial charge in [0.1, 0.15) is 6.04 Å². The van der Waals surface area contributed by atoms with Gasteiger partial charge in [-0.25, -0.2) is 0 Å². The van der Waals surface area contributed by atoms with Crippen LogP contribution in [-0.4, -0.2) is 47.6 Å². The molecule has 2 heterocycles. The van der Waals surface area contributed by atoms with Gasteiger partial charge in [-0.05, 0) is 12.8 Å². The zero-order valence-electron chi connectivity index (χ0n) is 10.4. The molecule has 1 saturated heterocycles. The Hall–Kier alpha value is -2.12. The number of amides is 1. The number of carbonyl (C=O) groups excluding carboxylic acids is 1. The number of hydrogen-bond acceptors (Lipinski definition) is 7. The Bertz CT molecular complexity index is 430. The molecule has 0 radical (unpaired) electrons. The van der Waals surface area contributed by atoms with Gasteiger partial charge in [0.25, 0.3) is 0 Å². The molecule has 1 aromatic heterocycles. The highest BCUT2D eigenvalue weighted by atomic mass is 16.5. The second kappa shape index (κ2) is 5.03. The number of nitrogens with two attached hydrogens (primary N) is 1. The minimum Gasteiger partial charge on any atom is -0.467 e. The highest BCUT2D eigenvalue weighted by Crippen LogP contribution is 2.24. The van der Waals surface area contributed by atoms with E-state index in [-0.39, 0.29) is 18.0 Å². The molecule has 0 aromatic carbocycles. The van der Waals surface area contributed by atoms with E-state index >= 15 is 0 Å². The fraction of sp³-hybridized carbons (Fsp3) is 0.600. The van der Waals surface area contributed by atoms with Crippen LogP contribution >= 0.6 is 0 Å². The largest absolute Gasteiger partial charge is 0.467 e. The molecule has 2 rings (SSSR count). The van der Waals surface area contributed by atoms with Crippen LogP contribution in [-0.2, 0) is 4.79 Å². The van der Waals surface area contributed by atoms with Crippen LogP contribution in [0.15, 0.2) is 0 Å². The first-order valence-electron chi connectivity index (χ1n) is 5.69. The molecular weight excluding hydrogens is 236 g/mol. The van der Waals surface area contributed by atoms with Gasteiger partial charge in [-0.1, -0.05) is 0 Å². The molecule has 1 aliphatic rings. The van der Waals surface area contributed by atoms with E-state index in [9.17, 15) is 4.79 Å². The molecule has 3 N–H and O–H groups in total. The van der Waals surface area contributed by atoms with Crippen LogP contribution in [0.3, 0.4) is 0 Å². The first-order valence-corrected chi connectivity index (χ1v) is 5.69. The number of carbonyl (C=O) groups is 1. The Kier molecular flexibility index (Phi) is 3.45. The van der Waals surface area contributed by atoms with Crippen molar-refractivity contribution in [1.29, 1.82) is 0 Å². The molecule has 0 saturated carbocycles. The summed E-state index contributed by atoms with van der Waals surface area (Å²) in [6.45, 7) is 0.698. The van der Waals surface area contributed by atoms with Gasteiger partial charge >= 0.3 is 6.01 Å². The second-order valence-corrected chi connectivity index (χ2v) is 3.95. The molecule has 8 heteroatoms. The molecule has 0 spiro atoms. The average molecular weight is 252 g/mol. The van der Waals surface area contributed by atoms with Gasteiger partial charge in [0.15, 0.2) is 0 Å². The third-order valence-corrected chi connectivity index (χ3v) is 2.85. The topological polar surface area (TPSA) is 106 Å². The lowest BCUT2D eigenvalue weighted by Gasteiger charge is -2.22. The van der Waals surface area contributed by atoms with Crippen molar-refractivity contribution < 1.29 is 9.53 Å². The number of nitrogens with one attached hydrogen (secondary N) is 1. The Morgan fingerprint density at radius 3 is 2.89 bits per heavy atom. The van der Waals surface area contributed by atoms with Crippen LogP contribution in [0, 0.1) is 0 Å². The summed E-state index contributed by atoms with van der Waals surface area (Å²) in [4.78, 5) is 25.5. The SMILES string of the molecule is CNc1nc(OC)nc(N2CCCC2C(N)=O)n1. The number of rotatable bonds is 4. The molecular formula is C10H16N6O2. The first kappa shape index (κ1) is 12.3. The summed E-state index contributed by atoms with van der Waals surface area (Å²) in [5.41, 5.74) is 5.37. The van der Waals surface area contributed by atoms with E-state index in [0.29, 0.717) is 18.4 Å². The third-order valence-electron chi connectivity index (χ3n) is 2.85. The minimum atomic E-state index is -0.363. The summed E-state index contributed by atoms with van der Waals surface area (Å²) < 4.78 is 5.01. The van der Waals surface area contributed by atoms with Gasteiger partial charge in [-0.3, -0.25) is 4.79 Å². The summed E-state index contributed by atoms with van der Waals surface area (Å²) in [5, 5.41) is 2.82.